The van der Waals surface area contributed by atoms with Gasteiger partial charge >= 0.3 is 0 Å². The lowest BCUT2D eigenvalue weighted by molar-refractivity contribution is 1.15. The van der Waals surface area contributed by atoms with Gasteiger partial charge in [-0.15, -0.1) is 0 Å². The monoisotopic (exact) mass is 302 g/mol. The molecule has 0 aliphatic heterocycles. The molecule has 2 nitrogen and oxygen atoms in total. The summed E-state index contributed by atoms with van der Waals surface area (Å²) in [4.78, 5) is 4.40. The molecule has 0 unspecified atom stereocenters. The van der Waals surface area contributed by atoms with Crippen LogP contribution in [0.2, 0.25) is 10.0 Å². The summed E-state index contributed by atoms with van der Waals surface area (Å²) in [7, 11) is 0. The number of nitrogens with one attached hydrogen (secondary N) is 1. The number of halogens is 2. The van der Waals surface area contributed by atoms with E-state index in [4.69, 9.17) is 23.2 Å². The van der Waals surface area contributed by atoms with Gasteiger partial charge in [-0.2, -0.15) is 0 Å². The predicted molar refractivity (Wildman–Crippen MR) is 85.5 cm³/mol. The van der Waals surface area contributed by atoms with Crippen LogP contribution in [0.1, 0.15) is 5.56 Å². The van der Waals surface area contributed by atoms with Crippen molar-refractivity contribution in [3.8, 4) is 0 Å². The summed E-state index contributed by atoms with van der Waals surface area (Å²) in [6.45, 7) is 0.631. The number of hydrogen-bond acceptors (Lipinski definition) is 2. The maximum absolute atomic E-state index is 6.16. The second-order valence-electron chi connectivity index (χ2n) is 4.47. The number of hydrogen-bond donors (Lipinski definition) is 1. The maximum atomic E-state index is 6.16. The van der Waals surface area contributed by atoms with E-state index in [2.05, 4.69) is 10.3 Å². The van der Waals surface area contributed by atoms with Gasteiger partial charge in [-0.05, 0) is 29.8 Å². The molecule has 4 heteroatoms. The molecule has 3 rings (SSSR count). The minimum Gasteiger partial charge on any atom is -0.379 e. The first kappa shape index (κ1) is 13.2. The molecule has 20 heavy (non-hydrogen) atoms. The highest BCUT2D eigenvalue weighted by Crippen LogP contribution is 2.27. The number of fused-ring (bicyclic) bond motifs is 1. The fourth-order valence-corrected chi connectivity index (χ4v) is 2.55. The summed E-state index contributed by atoms with van der Waals surface area (Å²) in [5.74, 6) is 0. The van der Waals surface area contributed by atoms with Crippen molar-refractivity contribution >= 4 is 39.8 Å². The van der Waals surface area contributed by atoms with Gasteiger partial charge in [0.2, 0.25) is 0 Å². The second kappa shape index (κ2) is 5.70. The fourth-order valence-electron chi connectivity index (χ4n) is 2.12. The van der Waals surface area contributed by atoms with E-state index in [1.54, 1.807) is 6.20 Å². The molecule has 100 valence electrons. The molecule has 0 aliphatic rings. The summed E-state index contributed by atoms with van der Waals surface area (Å²) < 4.78 is 0. The van der Waals surface area contributed by atoms with Crippen LogP contribution >= 0.6 is 23.2 Å². The van der Waals surface area contributed by atoms with Crippen LogP contribution in [0.25, 0.3) is 10.9 Å². The molecule has 1 heterocycles. The summed E-state index contributed by atoms with van der Waals surface area (Å²) in [5.41, 5.74) is 2.86. The lowest BCUT2D eigenvalue weighted by atomic mass is 10.1. The lowest BCUT2D eigenvalue weighted by Crippen LogP contribution is -2.01. The number of rotatable bonds is 3. The molecule has 1 N–H and O–H groups in total. The zero-order valence-corrected chi connectivity index (χ0v) is 12.1. The van der Waals surface area contributed by atoms with Gasteiger partial charge in [0.1, 0.15) is 0 Å². The van der Waals surface area contributed by atoms with Crippen LogP contribution < -0.4 is 5.32 Å². The van der Waals surface area contributed by atoms with Gasteiger partial charge in [0.25, 0.3) is 0 Å². The Balaban J connectivity index is 1.93. The van der Waals surface area contributed by atoms with Crippen LogP contribution in [0.15, 0.2) is 54.7 Å². The number of nitrogens with zero attached hydrogens (tertiary/aromatic N) is 1. The van der Waals surface area contributed by atoms with Crippen LogP contribution in [0.4, 0.5) is 5.69 Å². The van der Waals surface area contributed by atoms with Crippen LogP contribution in [-0.4, -0.2) is 4.98 Å². The van der Waals surface area contributed by atoms with Gasteiger partial charge in [-0.1, -0.05) is 47.5 Å². The Hall–Kier alpha value is -1.77. The van der Waals surface area contributed by atoms with E-state index < -0.39 is 0 Å². The van der Waals surface area contributed by atoms with Gasteiger partial charge in [0, 0.05) is 28.2 Å². The van der Waals surface area contributed by atoms with Crippen molar-refractivity contribution in [2.45, 2.75) is 6.54 Å². The van der Waals surface area contributed by atoms with E-state index in [9.17, 15) is 0 Å². The van der Waals surface area contributed by atoms with Crippen molar-refractivity contribution in [1.29, 1.82) is 0 Å². The van der Waals surface area contributed by atoms with E-state index in [-0.39, 0.29) is 0 Å². The van der Waals surface area contributed by atoms with Gasteiger partial charge in [0.05, 0.1) is 11.2 Å². The highest BCUT2D eigenvalue weighted by atomic mass is 35.5. The zero-order valence-electron chi connectivity index (χ0n) is 10.6. The maximum Gasteiger partial charge on any atom is 0.0934 e. The highest BCUT2D eigenvalue weighted by Gasteiger charge is 2.05. The van der Waals surface area contributed by atoms with Crippen molar-refractivity contribution < 1.29 is 0 Å². The van der Waals surface area contributed by atoms with Crippen molar-refractivity contribution in [2.24, 2.45) is 0 Å². The smallest absolute Gasteiger partial charge is 0.0934 e. The zero-order chi connectivity index (χ0) is 13.9. The van der Waals surface area contributed by atoms with Gasteiger partial charge < -0.3 is 5.32 Å². The molecule has 0 spiro atoms. The Morgan fingerprint density at radius 2 is 1.85 bits per heavy atom. The van der Waals surface area contributed by atoms with Gasteiger partial charge in [0.15, 0.2) is 0 Å². The van der Waals surface area contributed by atoms with E-state index in [1.807, 2.05) is 48.5 Å². The molecule has 0 fully saturated rings. The first-order chi connectivity index (χ1) is 9.74. The minimum absolute atomic E-state index is 0.631. The number of anilines is 1. The van der Waals surface area contributed by atoms with E-state index in [0.717, 1.165) is 27.2 Å². The molecule has 2 aromatic carbocycles. The third kappa shape index (κ3) is 2.72. The normalized spacial score (nSPS) is 10.7. The summed E-state index contributed by atoms with van der Waals surface area (Å²) in [6, 6.07) is 15.4. The number of benzene rings is 2. The van der Waals surface area contributed by atoms with Gasteiger partial charge in [-0.3, -0.25) is 4.98 Å². The summed E-state index contributed by atoms with van der Waals surface area (Å²) in [5, 5.41) is 5.81. The van der Waals surface area contributed by atoms with Crippen molar-refractivity contribution in [2.75, 3.05) is 5.32 Å². The highest BCUT2D eigenvalue weighted by molar-refractivity contribution is 6.32. The topological polar surface area (TPSA) is 24.9 Å². The molecule has 0 saturated carbocycles. The Labute approximate surface area is 127 Å². The molecular weight excluding hydrogens is 291 g/mol. The largest absolute Gasteiger partial charge is 0.379 e. The predicted octanol–water partition coefficient (Wildman–Crippen LogP) is 5.15. The molecule has 0 saturated heterocycles. The van der Waals surface area contributed by atoms with Crippen LogP contribution in [-0.2, 0) is 6.54 Å². The standard InChI is InChI=1S/C16H12Cl2N2/c17-13-8-11-5-3-7-19-16(11)15(9-13)20-10-12-4-1-2-6-14(12)18/h1-9,20H,10H2. The lowest BCUT2D eigenvalue weighted by Gasteiger charge is -2.11. The fraction of sp³-hybridized carbons (Fsp3) is 0.0625. The van der Waals surface area contributed by atoms with E-state index in [0.29, 0.717) is 11.6 Å². The van der Waals surface area contributed by atoms with E-state index in [1.165, 1.54) is 0 Å². The van der Waals surface area contributed by atoms with Crippen LogP contribution in [0.3, 0.4) is 0 Å². The molecule has 0 bridgehead atoms. The van der Waals surface area contributed by atoms with Crippen molar-refractivity contribution in [3.63, 3.8) is 0 Å². The third-order valence-electron chi connectivity index (χ3n) is 3.10. The molecule has 0 atom stereocenters. The Bertz CT molecular complexity index is 756. The Morgan fingerprint density at radius 3 is 2.70 bits per heavy atom. The van der Waals surface area contributed by atoms with E-state index >= 15 is 0 Å². The first-order valence-corrected chi connectivity index (χ1v) is 7.01. The van der Waals surface area contributed by atoms with Crippen LogP contribution in [0.5, 0.6) is 0 Å². The molecule has 0 aliphatic carbocycles. The molecule has 1 aromatic heterocycles. The van der Waals surface area contributed by atoms with Gasteiger partial charge in [-0.25, -0.2) is 0 Å². The SMILES string of the molecule is Clc1cc(NCc2ccccc2Cl)c2ncccc2c1. The van der Waals surface area contributed by atoms with Crippen molar-refractivity contribution in [1.82, 2.24) is 4.98 Å². The molecule has 0 radical (unpaired) electrons. The quantitative estimate of drug-likeness (QED) is 0.723. The Kier molecular flexibility index (Phi) is 3.77. The average Bonchev–Trinajstić information content (AvgIpc) is 2.46. The summed E-state index contributed by atoms with van der Waals surface area (Å²) in [6.07, 6.45) is 1.77. The molecule has 3 aromatic rings. The number of pyridine rings is 1. The average molecular weight is 303 g/mol. The first-order valence-electron chi connectivity index (χ1n) is 6.25. The Morgan fingerprint density at radius 1 is 1.00 bits per heavy atom. The third-order valence-corrected chi connectivity index (χ3v) is 3.68. The van der Waals surface area contributed by atoms with Crippen molar-refractivity contribution in [3.05, 3.63) is 70.3 Å². The minimum atomic E-state index is 0.631. The van der Waals surface area contributed by atoms with Crippen LogP contribution in [0, 0.1) is 0 Å². The number of aromatic nitrogens is 1. The summed E-state index contributed by atoms with van der Waals surface area (Å²) >= 11 is 12.3. The molecular formula is C16H12Cl2N2. The molecule has 0 amide bonds. The second-order valence-corrected chi connectivity index (χ2v) is 5.32.